The van der Waals surface area contributed by atoms with Gasteiger partial charge in [-0.05, 0) is 48.8 Å². The number of urea groups is 1. The zero-order valence-corrected chi connectivity index (χ0v) is 18.0. The summed E-state index contributed by atoms with van der Waals surface area (Å²) in [5, 5.41) is 4.53. The van der Waals surface area contributed by atoms with Crippen molar-refractivity contribution in [1.29, 1.82) is 0 Å². The first-order valence-electron chi connectivity index (χ1n) is 11.5. The van der Waals surface area contributed by atoms with Crippen molar-refractivity contribution in [3.05, 3.63) is 71.9 Å². The zero-order valence-electron chi connectivity index (χ0n) is 18.0. The number of aromatic nitrogens is 1. The number of likely N-dealkylation sites (tertiary alicyclic amines) is 1. The standard InChI is InChI=1S/C26H31N3O2/c30-25(27-19-26(12-16-31-17-13-26)22-7-2-1-3-8-22)29-14-10-20(11-15-29)24-18-21-6-4-5-9-23(21)28-24/h1-9,18,20,28H,10-17,19H2,(H,27,30). The van der Waals surface area contributed by atoms with Gasteiger partial charge in [-0.2, -0.15) is 0 Å². The number of piperidine rings is 1. The second-order valence-corrected chi connectivity index (χ2v) is 8.99. The van der Waals surface area contributed by atoms with Gasteiger partial charge in [0.05, 0.1) is 0 Å². The van der Waals surface area contributed by atoms with Crippen molar-refractivity contribution in [2.45, 2.75) is 37.0 Å². The van der Waals surface area contributed by atoms with Crippen LogP contribution >= 0.6 is 0 Å². The smallest absolute Gasteiger partial charge is 0.317 e. The summed E-state index contributed by atoms with van der Waals surface area (Å²) in [6.07, 6.45) is 3.88. The Morgan fingerprint density at radius 1 is 1.03 bits per heavy atom. The topological polar surface area (TPSA) is 57.4 Å². The van der Waals surface area contributed by atoms with E-state index in [1.165, 1.54) is 22.2 Å². The number of carbonyl (C=O) groups is 1. The lowest BCUT2D eigenvalue weighted by Gasteiger charge is -2.39. The molecule has 0 radical (unpaired) electrons. The molecule has 0 aliphatic carbocycles. The van der Waals surface area contributed by atoms with Crippen molar-refractivity contribution in [2.75, 3.05) is 32.8 Å². The number of carbonyl (C=O) groups excluding carboxylic acids is 1. The average molecular weight is 418 g/mol. The van der Waals surface area contributed by atoms with Crippen molar-refractivity contribution >= 4 is 16.9 Å². The summed E-state index contributed by atoms with van der Waals surface area (Å²) in [6, 6.07) is 21.3. The Morgan fingerprint density at radius 2 is 1.74 bits per heavy atom. The Kier molecular flexibility index (Phi) is 5.68. The minimum absolute atomic E-state index is 0.0299. The van der Waals surface area contributed by atoms with E-state index in [1.807, 2.05) is 11.0 Å². The van der Waals surface area contributed by atoms with E-state index in [1.54, 1.807) is 0 Å². The first-order valence-corrected chi connectivity index (χ1v) is 11.5. The fourth-order valence-electron chi connectivity index (χ4n) is 5.19. The van der Waals surface area contributed by atoms with Crippen molar-refractivity contribution < 1.29 is 9.53 Å². The third-order valence-corrected chi connectivity index (χ3v) is 7.19. The van der Waals surface area contributed by atoms with E-state index in [9.17, 15) is 4.79 Å². The van der Waals surface area contributed by atoms with E-state index < -0.39 is 0 Å². The van der Waals surface area contributed by atoms with Gasteiger partial charge < -0.3 is 19.9 Å². The lowest BCUT2D eigenvalue weighted by molar-refractivity contribution is 0.0500. The molecule has 31 heavy (non-hydrogen) atoms. The normalized spacial score (nSPS) is 19.4. The van der Waals surface area contributed by atoms with Crippen molar-refractivity contribution in [1.82, 2.24) is 15.2 Å². The summed E-state index contributed by atoms with van der Waals surface area (Å²) >= 11 is 0. The van der Waals surface area contributed by atoms with Crippen LogP contribution in [0.4, 0.5) is 4.79 Å². The number of para-hydroxylation sites is 1. The van der Waals surface area contributed by atoms with Crippen LogP contribution in [-0.2, 0) is 10.2 Å². The predicted octanol–water partition coefficient (Wildman–Crippen LogP) is 4.81. The number of aromatic amines is 1. The molecule has 0 unspecified atom stereocenters. The SMILES string of the molecule is O=C(NCC1(c2ccccc2)CCOCC1)N1CCC(c2cc3ccccc3[nH]2)CC1. The molecule has 3 heterocycles. The number of rotatable bonds is 4. The molecule has 2 fully saturated rings. The highest BCUT2D eigenvalue weighted by atomic mass is 16.5. The molecule has 0 bridgehead atoms. The van der Waals surface area contributed by atoms with Crippen LogP contribution in [0.3, 0.4) is 0 Å². The van der Waals surface area contributed by atoms with Gasteiger partial charge in [-0.1, -0.05) is 48.5 Å². The Balaban J connectivity index is 1.19. The molecule has 5 rings (SSSR count). The van der Waals surface area contributed by atoms with E-state index in [0.717, 1.165) is 52.0 Å². The maximum Gasteiger partial charge on any atom is 0.317 e. The molecule has 2 aromatic carbocycles. The van der Waals surface area contributed by atoms with E-state index in [-0.39, 0.29) is 11.4 Å². The van der Waals surface area contributed by atoms with E-state index in [2.05, 4.69) is 64.9 Å². The van der Waals surface area contributed by atoms with Gasteiger partial charge in [0.1, 0.15) is 0 Å². The van der Waals surface area contributed by atoms with Gasteiger partial charge in [-0.25, -0.2) is 4.79 Å². The first kappa shape index (κ1) is 20.1. The van der Waals surface area contributed by atoms with Gasteiger partial charge in [0.25, 0.3) is 0 Å². The van der Waals surface area contributed by atoms with Crippen molar-refractivity contribution in [2.24, 2.45) is 0 Å². The van der Waals surface area contributed by atoms with Crippen LogP contribution in [0.25, 0.3) is 10.9 Å². The van der Waals surface area contributed by atoms with Gasteiger partial charge >= 0.3 is 6.03 Å². The molecule has 0 saturated carbocycles. The molecule has 1 aromatic heterocycles. The number of ether oxygens (including phenoxy) is 1. The van der Waals surface area contributed by atoms with Crippen molar-refractivity contribution in [3.8, 4) is 0 Å². The number of benzene rings is 2. The van der Waals surface area contributed by atoms with Gasteiger partial charge in [0.15, 0.2) is 0 Å². The molecule has 5 heteroatoms. The van der Waals surface area contributed by atoms with E-state index in [4.69, 9.17) is 4.74 Å². The Hall–Kier alpha value is -2.79. The van der Waals surface area contributed by atoms with Crippen LogP contribution in [0.5, 0.6) is 0 Å². The highest BCUT2D eigenvalue weighted by Gasteiger charge is 2.35. The maximum absolute atomic E-state index is 13.0. The van der Waals surface area contributed by atoms with E-state index >= 15 is 0 Å². The third-order valence-electron chi connectivity index (χ3n) is 7.19. The van der Waals surface area contributed by atoms with Gasteiger partial charge in [0.2, 0.25) is 0 Å². The summed E-state index contributed by atoms with van der Waals surface area (Å²) in [7, 11) is 0. The maximum atomic E-state index is 13.0. The number of hydrogen-bond acceptors (Lipinski definition) is 2. The molecule has 5 nitrogen and oxygen atoms in total. The summed E-state index contributed by atoms with van der Waals surface area (Å²) in [6.45, 7) is 3.77. The largest absolute Gasteiger partial charge is 0.381 e. The molecular weight excluding hydrogens is 386 g/mol. The third kappa shape index (κ3) is 4.19. The molecule has 0 spiro atoms. The molecular formula is C26H31N3O2. The Morgan fingerprint density at radius 3 is 2.48 bits per heavy atom. The van der Waals surface area contributed by atoms with E-state index in [0.29, 0.717) is 12.5 Å². The molecule has 2 aliphatic rings. The fourth-order valence-corrected chi connectivity index (χ4v) is 5.19. The number of H-pyrrole nitrogens is 1. The zero-order chi connectivity index (χ0) is 21.1. The average Bonchev–Trinajstić information content (AvgIpc) is 3.28. The number of hydrogen-bond donors (Lipinski definition) is 2. The summed E-state index contributed by atoms with van der Waals surface area (Å²) in [4.78, 5) is 18.5. The minimum atomic E-state index is -0.0299. The van der Waals surface area contributed by atoms with Gasteiger partial charge in [-0.3, -0.25) is 0 Å². The molecule has 162 valence electrons. The van der Waals surface area contributed by atoms with Crippen LogP contribution in [-0.4, -0.2) is 48.8 Å². The highest BCUT2D eigenvalue weighted by Crippen LogP contribution is 2.34. The number of nitrogens with one attached hydrogen (secondary N) is 2. The lowest BCUT2D eigenvalue weighted by atomic mass is 9.74. The summed E-state index contributed by atoms with van der Waals surface area (Å²) in [5.74, 6) is 0.489. The summed E-state index contributed by atoms with van der Waals surface area (Å²) < 4.78 is 5.62. The van der Waals surface area contributed by atoms with Crippen LogP contribution < -0.4 is 5.32 Å². The molecule has 2 saturated heterocycles. The molecule has 2 N–H and O–H groups in total. The number of nitrogens with zero attached hydrogens (tertiary/aromatic N) is 1. The summed E-state index contributed by atoms with van der Waals surface area (Å²) in [5.41, 5.74) is 3.76. The van der Waals surface area contributed by atoms with Crippen LogP contribution in [0.1, 0.15) is 42.9 Å². The number of amides is 2. The lowest BCUT2D eigenvalue weighted by Crippen LogP contribution is -2.50. The Bertz CT molecular complexity index is 982. The van der Waals surface area contributed by atoms with Gasteiger partial charge in [0, 0.05) is 55.4 Å². The Labute approximate surface area is 183 Å². The fraction of sp³-hybridized carbons (Fsp3) is 0.423. The molecule has 0 atom stereocenters. The van der Waals surface area contributed by atoms with Crippen LogP contribution in [0.2, 0.25) is 0 Å². The predicted molar refractivity (Wildman–Crippen MR) is 123 cm³/mol. The monoisotopic (exact) mass is 417 g/mol. The first-order chi connectivity index (χ1) is 15.2. The van der Waals surface area contributed by atoms with Crippen LogP contribution in [0, 0.1) is 0 Å². The second-order valence-electron chi connectivity index (χ2n) is 8.99. The van der Waals surface area contributed by atoms with Crippen molar-refractivity contribution in [3.63, 3.8) is 0 Å². The molecule has 2 amide bonds. The quantitative estimate of drug-likeness (QED) is 0.640. The second kappa shape index (κ2) is 8.75. The number of fused-ring (bicyclic) bond motifs is 1. The molecule has 2 aliphatic heterocycles. The molecule has 3 aromatic rings. The van der Waals surface area contributed by atoms with Gasteiger partial charge in [-0.15, -0.1) is 0 Å². The highest BCUT2D eigenvalue weighted by molar-refractivity contribution is 5.80. The van der Waals surface area contributed by atoms with Crippen LogP contribution in [0.15, 0.2) is 60.7 Å². The minimum Gasteiger partial charge on any atom is -0.381 e.